The fourth-order valence-electron chi connectivity index (χ4n) is 3.16. The maximum Gasteiger partial charge on any atom is 0.193 e. The molecule has 0 amide bonds. The van der Waals surface area contributed by atoms with E-state index in [1.54, 1.807) is 0 Å². The maximum atomic E-state index is 5.77. The molecule has 136 valence electrons. The molecule has 0 aliphatic carbocycles. The zero-order valence-electron chi connectivity index (χ0n) is 15.2. The average Bonchev–Trinajstić information content (AvgIpc) is 2.41. The van der Waals surface area contributed by atoms with Crippen molar-refractivity contribution in [2.24, 2.45) is 4.99 Å². The van der Waals surface area contributed by atoms with E-state index in [9.17, 15) is 0 Å². The van der Waals surface area contributed by atoms with Gasteiger partial charge >= 0.3 is 0 Å². The summed E-state index contributed by atoms with van der Waals surface area (Å²) in [6.07, 6.45) is 0. The summed E-state index contributed by atoms with van der Waals surface area (Å²) < 4.78 is 6.08. The molecule has 0 atom stereocenters. The van der Waals surface area contributed by atoms with E-state index in [0.717, 1.165) is 51.8 Å². The van der Waals surface area contributed by atoms with Crippen LogP contribution in [0.5, 0.6) is 0 Å². The second kappa shape index (κ2) is 9.10. The minimum atomic E-state index is -0.0198. The van der Waals surface area contributed by atoms with Crippen molar-refractivity contribution in [2.75, 3.05) is 58.7 Å². The van der Waals surface area contributed by atoms with Gasteiger partial charge in [-0.1, -0.05) is 0 Å². The molecule has 0 spiro atoms. The fraction of sp³-hybridized carbons (Fsp3) is 0.938. The standard InChI is InChI=1S/C16H32N4OS.HI/c1-15(2)12-19(8-10-21-15)7-6-18-14(17-5)20-9-11-22-16(3,4)13-20;/h6-13H2,1-5H3,(H,17,18);1H. The van der Waals surface area contributed by atoms with E-state index in [4.69, 9.17) is 4.74 Å². The van der Waals surface area contributed by atoms with Crippen molar-refractivity contribution >= 4 is 41.7 Å². The predicted molar refractivity (Wildman–Crippen MR) is 111 cm³/mol. The summed E-state index contributed by atoms with van der Waals surface area (Å²) in [6, 6.07) is 0. The van der Waals surface area contributed by atoms with Crippen molar-refractivity contribution in [1.82, 2.24) is 15.1 Å². The van der Waals surface area contributed by atoms with Crippen LogP contribution in [0.25, 0.3) is 0 Å². The molecule has 7 heteroatoms. The van der Waals surface area contributed by atoms with Gasteiger partial charge in [0.1, 0.15) is 0 Å². The number of thioether (sulfide) groups is 1. The smallest absolute Gasteiger partial charge is 0.193 e. The van der Waals surface area contributed by atoms with Gasteiger partial charge in [-0.25, -0.2) is 0 Å². The van der Waals surface area contributed by atoms with E-state index in [1.807, 2.05) is 7.05 Å². The van der Waals surface area contributed by atoms with Gasteiger partial charge in [-0.05, 0) is 27.7 Å². The van der Waals surface area contributed by atoms with E-state index in [1.165, 1.54) is 5.75 Å². The molecule has 0 aromatic carbocycles. The number of halogens is 1. The third kappa shape index (κ3) is 6.96. The number of ether oxygens (including phenoxy) is 1. The van der Waals surface area contributed by atoms with Crippen molar-refractivity contribution < 1.29 is 4.74 Å². The summed E-state index contributed by atoms with van der Waals surface area (Å²) in [6.45, 7) is 15.9. The molecule has 0 aromatic heterocycles. The molecule has 2 saturated heterocycles. The Hall–Kier alpha value is 0.270. The molecule has 0 radical (unpaired) electrons. The topological polar surface area (TPSA) is 40.1 Å². The highest BCUT2D eigenvalue weighted by molar-refractivity contribution is 14.0. The molecule has 0 saturated carbocycles. The highest BCUT2D eigenvalue weighted by Crippen LogP contribution is 2.29. The number of guanidine groups is 1. The normalized spacial score (nSPS) is 24.9. The third-order valence-corrected chi connectivity index (χ3v) is 5.45. The number of hydrogen-bond acceptors (Lipinski definition) is 4. The lowest BCUT2D eigenvalue weighted by molar-refractivity contribution is -0.0852. The number of hydrogen-bond donors (Lipinski definition) is 1. The van der Waals surface area contributed by atoms with Crippen LogP contribution in [0.4, 0.5) is 0 Å². The Morgan fingerprint density at radius 3 is 2.57 bits per heavy atom. The minimum Gasteiger partial charge on any atom is -0.373 e. The lowest BCUT2D eigenvalue weighted by atomic mass is 10.1. The van der Waals surface area contributed by atoms with E-state index in [2.05, 4.69) is 59.6 Å². The summed E-state index contributed by atoms with van der Waals surface area (Å²) in [4.78, 5) is 9.33. The van der Waals surface area contributed by atoms with E-state index < -0.39 is 0 Å². The first-order chi connectivity index (χ1) is 10.3. The Balaban J connectivity index is 0.00000264. The Bertz CT molecular complexity index is 404. The molecular formula is C16H33IN4OS. The number of morpholine rings is 1. The molecule has 2 fully saturated rings. The molecule has 0 aromatic rings. The second-order valence-corrected chi connectivity index (χ2v) is 9.19. The van der Waals surface area contributed by atoms with Gasteiger partial charge in [-0.3, -0.25) is 9.89 Å². The Morgan fingerprint density at radius 1 is 1.22 bits per heavy atom. The zero-order chi connectivity index (χ0) is 16.2. The predicted octanol–water partition coefficient (Wildman–Crippen LogP) is 2.12. The van der Waals surface area contributed by atoms with Crippen molar-refractivity contribution in [3.8, 4) is 0 Å². The average molecular weight is 456 g/mol. The molecule has 1 N–H and O–H groups in total. The van der Waals surface area contributed by atoms with E-state index in [0.29, 0.717) is 4.75 Å². The third-order valence-electron chi connectivity index (χ3n) is 4.15. The van der Waals surface area contributed by atoms with E-state index in [-0.39, 0.29) is 29.6 Å². The van der Waals surface area contributed by atoms with Gasteiger partial charge in [0.2, 0.25) is 0 Å². The summed E-state index contributed by atoms with van der Waals surface area (Å²) in [5.41, 5.74) is -0.0198. The van der Waals surface area contributed by atoms with Gasteiger partial charge < -0.3 is 15.0 Å². The lowest BCUT2D eigenvalue weighted by Gasteiger charge is -2.40. The zero-order valence-corrected chi connectivity index (χ0v) is 18.4. The quantitative estimate of drug-likeness (QED) is 0.400. The van der Waals surface area contributed by atoms with Gasteiger partial charge in [0.05, 0.1) is 12.2 Å². The number of nitrogens with one attached hydrogen (secondary N) is 1. The highest BCUT2D eigenvalue weighted by Gasteiger charge is 2.29. The lowest BCUT2D eigenvalue weighted by Crippen LogP contribution is -2.53. The van der Waals surface area contributed by atoms with Crippen LogP contribution in [0.15, 0.2) is 4.99 Å². The second-order valence-electron chi connectivity index (χ2n) is 7.39. The van der Waals surface area contributed by atoms with Crippen LogP contribution in [0.3, 0.4) is 0 Å². The van der Waals surface area contributed by atoms with Crippen molar-refractivity contribution in [2.45, 2.75) is 38.0 Å². The van der Waals surface area contributed by atoms with Crippen LogP contribution in [-0.2, 0) is 4.74 Å². The fourth-order valence-corrected chi connectivity index (χ4v) is 4.27. The summed E-state index contributed by atoms with van der Waals surface area (Å²) in [5.74, 6) is 2.21. The molecule has 2 aliphatic heterocycles. The minimum absolute atomic E-state index is 0. The molecule has 2 aliphatic rings. The maximum absolute atomic E-state index is 5.77. The first kappa shape index (κ1) is 21.3. The molecule has 5 nitrogen and oxygen atoms in total. The van der Waals surface area contributed by atoms with Gasteiger partial charge in [-0.15, -0.1) is 24.0 Å². The first-order valence-electron chi connectivity index (χ1n) is 8.27. The van der Waals surface area contributed by atoms with Crippen LogP contribution in [0.2, 0.25) is 0 Å². The molecule has 2 heterocycles. The molecule has 23 heavy (non-hydrogen) atoms. The van der Waals surface area contributed by atoms with E-state index >= 15 is 0 Å². The van der Waals surface area contributed by atoms with Gasteiger partial charge in [0.25, 0.3) is 0 Å². The van der Waals surface area contributed by atoms with Crippen molar-refractivity contribution in [3.63, 3.8) is 0 Å². The number of aliphatic imine (C=N–C) groups is 1. The summed E-state index contributed by atoms with van der Waals surface area (Å²) >= 11 is 2.05. The Labute approximate surface area is 163 Å². The summed E-state index contributed by atoms with van der Waals surface area (Å²) in [7, 11) is 1.88. The van der Waals surface area contributed by atoms with Crippen LogP contribution in [0.1, 0.15) is 27.7 Å². The van der Waals surface area contributed by atoms with Crippen LogP contribution >= 0.6 is 35.7 Å². The van der Waals surface area contributed by atoms with Crippen LogP contribution in [-0.4, -0.2) is 84.8 Å². The largest absolute Gasteiger partial charge is 0.373 e. The molecule has 0 unspecified atom stereocenters. The van der Waals surface area contributed by atoms with Crippen LogP contribution in [0, 0.1) is 0 Å². The van der Waals surface area contributed by atoms with Crippen molar-refractivity contribution in [3.05, 3.63) is 0 Å². The number of rotatable bonds is 3. The molecular weight excluding hydrogens is 423 g/mol. The number of nitrogens with zero attached hydrogens (tertiary/aromatic N) is 3. The Morgan fingerprint density at radius 2 is 1.96 bits per heavy atom. The van der Waals surface area contributed by atoms with Gasteiger partial charge in [0.15, 0.2) is 5.96 Å². The first-order valence-corrected chi connectivity index (χ1v) is 9.26. The van der Waals surface area contributed by atoms with Crippen LogP contribution < -0.4 is 5.32 Å². The van der Waals surface area contributed by atoms with Gasteiger partial charge in [-0.2, -0.15) is 11.8 Å². The monoisotopic (exact) mass is 456 g/mol. The van der Waals surface area contributed by atoms with Crippen molar-refractivity contribution in [1.29, 1.82) is 0 Å². The highest BCUT2D eigenvalue weighted by atomic mass is 127. The SMILES string of the molecule is CN=C(NCCN1CCOC(C)(C)C1)N1CCSC(C)(C)C1.I. The Kier molecular flexibility index (Phi) is 8.43. The molecule has 0 bridgehead atoms. The molecule has 2 rings (SSSR count). The summed E-state index contributed by atoms with van der Waals surface area (Å²) in [5, 5.41) is 3.54. The van der Waals surface area contributed by atoms with Gasteiger partial charge in [0, 0.05) is 56.8 Å².